The Hall–Kier alpha value is -3.01. The fraction of sp³-hybridized carbons (Fsp3) is 0.0556. The SMILES string of the molecule is Cc1ccccc1-c1nnc(-c2ccc3ccccc3n2)o1. The Balaban J connectivity index is 1.78. The summed E-state index contributed by atoms with van der Waals surface area (Å²) in [6.07, 6.45) is 0. The minimum absolute atomic E-state index is 0.434. The molecule has 0 amide bonds. The summed E-state index contributed by atoms with van der Waals surface area (Å²) < 4.78 is 5.80. The largest absolute Gasteiger partial charge is 0.415 e. The molecule has 2 heterocycles. The molecule has 4 rings (SSSR count). The maximum absolute atomic E-state index is 5.80. The first-order valence-corrected chi connectivity index (χ1v) is 7.07. The van der Waals surface area contributed by atoms with Crippen LogP contribution in [0.1, 0.15) is 5.56 Å². The quantitative estimate of drug-likeness (QED) is 0.552. The van der Waals surface area contributed by atoms with Gasteiger partial charge in [0.15, 0.2) is 0 Å². The molecule has 0 aliphatic heterocycles. The second-order valence-electron chi connectivity index (χ2n) is 5.12. The van der Waals surface area contributed by atoms with E-state index in [2.05, 4.69) is 15.2 Å². The molecule has 0 radical (unpaired) electrons. The molecule has 4 aromatic rings. The predicted octanol–water partition coefficient (Wildman–Crippen LogP) is 4.26. The minimum atomic E-state index is 0.434. The number of benzene rings is 2. The Morgan fingerprint density at radius 2 is 1.55 bits per heavy atom. The predicted molar refractivity (Wildman–Crippen MR) is 85.2 cm³/mol. The molecule has 22 heavy (non-hydrogen) atoms. The van der Waals surface area contributed by atoms with Crippen molar-refractivity contribution in [1.82, 2.24) is 15.2 Å². The Morgan fingerprint density at radius 1 is 0.773 bits per heavy atom. The fourth-order valence-electron chi connectivity index (χ4n) is 2.43. The number of rotatable bonds is 2. The molecule has 4 nitrogen and oxygen atoms in total. The second-order valence-corrected chi connectivity index (χ2v) is 5.12. The van der Waals surface area contributed by atoms with Crippen LogP contribution in [-0.2, 0) is 0 Å². The summed E-state index contributed by atoms with van der Waals surface area (Å²) in [5.74, 6) is 0.951. The van der Waals surface area contributed by atoms with E-state index in [9.17, 15) is 0 Å². The monoisotopic (exact) mass is 287 g/mol. The van der Waals surface area contributed by atoms with Crippen molar-refractivity contribution in [3.63, 3.8) is 0 Å². The van der Waals surface area contributed by atoms with Crippen molar-refractivity contribution >= 4 is 10.9 Å². The summed E-state index contributed by atoms with van der Waals surface area (Å²) in [4.78, 5) is 4.58. The lowest BCUT2D eigenvalue weighted by Gasteiger charge is -2.00. The van der Waals surface area contributed by atoms with Crippen LogP contribution in [0.4, 0.5) is 0 Å². The van der Waals surface area contributed by atoms with Gasteiger partial charge in [0.05, 0.1) is 5.52 Å². The van der Waals surface area contributed by atoms with Gasteiger partial charge in [0.2, 0.25) is 5.89 Å². The third-order valence-electron chi connectivity index (χ3n) is 3.62. The van der Waals surface area contributed by atoms with Crippen molar-refractivity contribution in [2.75, 3.05) is 0 Å². The number of hydrogen-bond acceptors (Lipinski definition) is 4. The third kappa shape index (κ3) is 2.15. The number of fused-ring (bicyclic) bond motifs is 1. The van der Waals surface area contributed by atoms with Crippen molar-refractivity contribution in [2.45, 2.75) is 6.92 Å². The summed E-state index contributed by atoms with van der Waals surface area (Å²) in [5.41, 5.74) is 3.65. The van der Waals surface area contributed by atoms with E-state index in [1.165, 1.54) is 0 Å². The summed E-state index contributed by atoms with van der Waals surface area (Å²) in [6.45, 7) is 2.02. The number of nitrogens with zero attached hydrogens (tertiary/aromatic N) is 3. The number of aryl methyl sites for hydroxylation is 1. The number of para-hydroxylation sites is 1. The van der Waals surface area contributed by atoms with Gasteiger partial charge in [0, 0.05) is 10.9 Å². The van der Waals surface area contributed by atoms with Gasteiger partial charge < -0.3 is 4.42 Å². The molecule has 0 saturated heterocycles. The van der Waals surface area contributed by atoms with Gasteiger partial charge in [-0.15, -0.1) is 10.2 Å². The first kappa shape index (κ1) is 12.7. The lowest BCUT2D eigenvalue weighted by molar-refractivity contribution is 0.582. The van der Waals surface area contributed by atoms with Crippen LogP contribution in [0.25, 0.3) is 33.9 Å². The van der Waals surface area contributed by atoms with Gasteiger partial charge in [-0.1, -0.05) is 42.5 Å². The van der Waals surface area contributed by atoms with E-state index in [0.29, 0.717) is 17.5 Å². The molecule has 0 atom stereocenters. The number of aromatic nitrogens is 3. The Morgan fingerprint density at radius 3 is 2.45 bits per heavy atom. The molecular weight excluding hydrogens is 274 g/mol. The summed E-state index contributed by atoms with van der Waals surface area (Å²) in [7, 11) is 0. The zero-order chi connectivity index (χ0) is 14.9. The zero-order valence-electron chi connectivity index (χ0n) is 12.0. The molecule has 0 spiro atoms. The van der Waals surface area contributed by atoms with Crippen molar-refractivity contribution in [3.8, 4) is 23.0 Å². The van der Waals surface area contributed by atoms with Gasteiger partial charge in [-0.25, -0.2) is 4.98 Å². The van der Waals surface area contributed by atoms with Crippen LogP contribution in [0.5, 0.6) is 0 Å². The van der Waals surface area contributed by atoms with Crippen LogP contribution < -0.4 is 0 Å². The Kier molecular flexibility index (Phi) is 2.93. The molecule has 2 aromatic heterocycles. The highest BCUT2D eigenvalue weighted by molar-refractivity contribution is 5.80. The number of hydrogen-bond donors (Lipinski definition) is 0. The van der Waals surface area contributed by atoms with E-state index in [-0.39, 0.29) is 0 Å². The van der Waals surface area contributed by atoms with Crippen molar-refractivity contribution in [2.24, 2.45) is 0 Å². The highest BCUT2D eigenvalue weighted by atomic mass is 16.4. The van der Waals surface area contributed by atoms with E-state index in [1.807, 2.05) is 67.6 Å². The number of pyridine rings is 1. The molecule has 4 heteroatoms. The molecule has 0 fully saturated rings. The zero-order valence-corrected chi connectivity index (χ0v) is 12.0. The van der Waals surface area contributed by atoms with Gasteiger partial charge in [0.1, 0.15) is 5.69 Å². The van der Waals surface area contributed by atoms with E-state index >= 15 is 0 Å². The normalized spacial score (nSPS) is 11.0. The van der Waals surface area contributed by atoms with Crippen molar-refractivity contribution in [3.05, 3.63) is 66.2 Å². The third-order valence-corrected chi connectivity index (χ3v) is 3.62. The molecule has 0 saturated carbocycles. The van der Waals surface area contributed by atoms with Gasteiger partial charge in [-0.3, -0.25) is 0 Å². The average molecular weight is 287 g/mol. The molecule has 2 aromatic carbocycles. The average Bonchev–Trinajstić information content (AvgIpc) is 3.04. The van der Waals surface area contributed by atoms with Gasteiger partial charge in [-0.2, -0.15) is 0 Å². The lowest BCUT2D eigenvalue weighted by atomic mass is 10.1. The van der Waals surface area contributed by atoms with Crippen molar-refractivity contribution in [1.29, 1.82) is 0 Å². The van der Waals surface area contributed by atoms with Gasteiger partial charge >= 0.3 is 0 Å². The van der Waals surface area contributed by atoms with Crippen LogP contribution in [0.2, 0.25) is 0 Å². The molecule has 0 bridgehead atoms. The fourth-order valence-corrected chi connectivity index (χ4v) is 2.43. The second kappa shape index (κ2) is 5.07. The summed E-state index contributed by atoms with van der Waals surface area (Å²) in [5, 5.41) is 9.37. The Bertz CT molecular complexity index is 959. The highest BCUT2D eigenvalue weighted by Gasteiger charge is 2.13. The van der Waals surface area contributed by atoms with E-state index < -0.39 is 0 Å². The maximum Gasteiger partial charge on any atom is 0.266 e. The lowest BCUT2D eigenvalue weighted by Crippen LogP contribution is -1.84. The molecular formula is C18H13N3O. The Labute approximate surface area is 127 Å². The molecule has 0 N–H and O–H groups in total. The van der Waals surface area contributed by atoms with E-state index in [4.69, 9.17) is 4.42 Å². The van der Waals surface area contributed by atoms with Crippen LogP contribution in [0.15, 0.2) is 65.1 Å². The van der Waals surface area contributed by atoms with Gasteiger partial charge in [-0.05, 0) is 30.7 Å². The van der Waals surface area contributed by atoms with Crippen LogP contribution in [0.3, 0.4) is 0 Å². The first-order chi connectivity index (χ1) is 10.8. The van der Waals surface area contributed by atoms with Crippen molar-refractivity contribution < 1.29 is 4.42 Å². The minimum Gasteiger partial charge on any atom is -0.415 e. The maximum atomic E-state index is 5.80. The smallest absolute Gasteiger partial charge is 0.266 e. The van der Waals surface area contributed by atoms with Crippen LogP contribution in [-0.4, -0.2) is 15.2 Å². The molecule has 0 aliphatic rings. The van der Waals surface area contributed by atoms with Gasteiger partial charge in [0.25, 0.3) is 5.89 Å². The highest BCUT2D eigenvalue weighted by Crippen LogP contribution is 2.26. The first-order valence-electron chi connectivity index (χ1n) is 7.07. The molecule has 106 valence electrons. The molecule has 0 aliphatic carbocycles. The van der Waals surface area contributed by atoms with E-state index in [1.54, 1.807) is 0 Å². The van der Waals surface area contributed by atoms with E-state index in [0.717, 1.165) is 22.0 Å². The topological polar surface area (TPSA) is 51.8 Å². The van der Waals surface area contributed by atoms with Crippen LogP contribution >= 0.6 is 0 Å². The summed E-state index contributed by atoms with van der Waals surface area (Å²) in [6, 6.07) is 19.8. The van der Waals surface area contributed by atoms with Crippen LogP contribution in [0, 0.1) is 6.92 Å². The molecule has 0 unspecified atom stereocenters. The summed E-state index contributed by atoms with van der Waals surface area (Å²) >= 11 is 0. The standard InChI is InChI=1S/C18H13N3O/c1-12-6-2-4-8-14(12)17-20-21-18(22-17)16-11-10-13-7-3-5-9-15(13)19-16/h2-11H,1H3.